The van der Waals surface area contributed by atoms with Crippen molar-refractivity contribution in [2.75, 3.05) is 13.7 Å². The first-order valence-corrected chi connectivity index (χ1v) is 10.2. The number of carbonyl (C=O) groups excluding carboxylic acids is 1. The molecule has 0 fully saturated rings. The molecule has 1 atom stereocenters. The Hall–Kier alpha value is -3.81. The van der Waals surface area contributed by atoms with Crippen molar-refractivity contribution in [1.82, 2.24) is 14.9 Å². The van der Waals surface area contributed by atoms with Crippen LogP contribution in [0.4, 0.5) is 4.39 Å². The van der Waals surface area contributed by atoms with Crippen LogP contribution in [0.1, 0.15) is 30.5 Å². The van der Waals surface area contributed by atoms with Crippen molar-refractivity contribution in [3.63, 3.8) is 0 Å². The summed E-state index contributed by atoms with van der Waals surface area (Å²) in [6.45, 7) is 4.72. The molecule has 1 unspecified atom stereocenters. The highest BCUT2D eigenvalue weighted by molar-refractivity contribution is 6.09. The summed E-state index contributed by atoms with van der Waals surface area (Å²) in [6, 6.07) is 10.2. The van der Waals surface area contributed by atoms with Gasteiger partial charge in [0.1, 0.15) is 17.9 Å². The van der Waals surface area contributed by atoms with Crippen LogP contribution in [0.3, 0.4) is 0 Å². The molecule has 2 aliphatic rings. The summed E-state index contributed by atoms with van der Waals surface area (Å²) in [6.07, 6.45) is 4.43. The summed E-state index contributed by atoms with van der Waals surface area (Å²) in [5.74, 6) is 0.122. The van der Waals surface area contributed by atoms with Crippen molar-refractivity contribution in [3.05, 3.63) is 77.6 Å². The lowest BCUT2D eigenvalue weighted by Gasteiger charge is -2.28. The smallest absolute Gasteiger partial charge is 0.266 e. The van der Waals surface area contributed by atoms with Crippen LogP contribution in [0.25, 0.3) is 11.1 Å². The Kier molecular flexibility index (Phi) is 4.30. The zero-order valence-corrected chi connectivity index (χ0v) is 18.0. The Morgan fingerprint density at radius 2 is 1.78 bits per heavy atom. The zero-order valence-electron chi connectivity index (χ0n) is 18.0. The number of nitrogens with two attached hydrogens (primary N) is 1. The van der Waals surface area contributed by atoms with Gasteiger partial charge in [0.2, 0.25) is 0 Å². The van der Waals surface area contributed by atoms with Crippen LogP contribution in [-0.2, 0) is 15.7 Å². The SMILES string of the molecule is CN1C(=O)C(c2ccc(F)c(-c3cncnc3)c2)(c2ccc3c(c2)C(C)(C)CO3)N=C1N. The molecular formula is C24H22FN5O2. The number of nitrogens with zero attached hydrogens (tertiary/aromatic N) is 4. The molecule has 0 radical (unpaired) electrons. The molecule has 0 bridgehead atoms. The van der Waals surface area contributed by atoms with Crippen molar-refractivity contribution in [3.8, 4) is 16.9 Å². The predicted molar refractivity (Wildman–Crippen MR) is 118 cm³/mol. The van der Waals surface area contributed by atoms with E-state index in [4.69, 9.17) is 10.5 Å². The molecule has 0 aliphatic carbocycles. The van der Waals surface area contributed by atoms with Gasteiger partial charge in [0.25, 0.3) is 5.91 Å². The van der Waals surface area contributed by atoms with Crippen molar-refractivity contribution >= 4 is 11.9 Å². The molecule has 7 nitrogen and oxygen atoms in total. The summed E-state index contributed by atoms with van der Waals surface area (Å²) in [7, 11) is 1.58. The Morgan fingerprint density at radius 1 is 1.09 bits per heavy atom. The van der Waals surface area contributed by atoms with Crippen LogP contribution >= 0.6 is 0 Å². The summed E-state index contributed by atoms with van der Waals surface area (Å²) >= 11 is 0. The van der Waals surface area contributed by atoms with E-state index in [1.807, 2.05) is 18.2 Å². The Bertz CT molecular complexity index is 1270. The van der Waals surface area contributed by atoms with Gasteiger partial charge in [-0.3, -0.25) is 9.69 Å². The monoisotopic (exact) mass is 431 g/mol. The third-order valence-electron chi connectivity index (χ3n) is 6.21. The number of ether oxygens (including phenoxy) is 1. The van der Waals surface area contributed by atoms with Gasteiger partial charge in [0.15, 0.2) is 11.5 Å². The number of aliphatic imine (C=N–C) groups is 1. The highest BCUT2D eigenvalue weighted by atomic mass is 19.1. The van der Waals surface area contributed by atoms with Crippen molar-refractivity contribution < 1.29 is 13.9 Å². The van der Waals surface area contributed by atoms with E-state index in [-0.39, 0.29) is 22.8 Å². The number of hydrogen-bond acceptors (Lipinski definition) is 6. The van der Waals surface area contributed by atoms with Gasteiger partial charge in [-0.1, -0.05) is 26.0 Å². The molecule has 2 aliphatic heterocycles. The third kappa shape index (κ3) is 2.79. The Balaban J connectivity index is 1.76. The molecule has 5 rings (SSSR count). The van der Waals surface area contributed by atoms with E-state index in [1.165, 1.54) is 29.7 Å². The molecule has 2 N–H and O–H groups in total. The van der Waals surface area contributed by atoms with E-state index in [2.05, 4.69) is 28.8 Å². The molecule has 3 heterocycles. The van der Waals surface area contributed by atoms with Gasteiger partial charge in [0, 0.05) is 41.5 Å². The fraction of sp³-hybridized carbons (Fsp3) is 0.250. The number of fused-ring (bicyclic) bond motifs is 1. The predicted octanol–water partition coefficient (Wildman–Crippen LogP) is 2.98. The lowest BCUT2D eigenvalue weighted by atomic mass is 9.78. The van der Waals surface area contributed by atoms with Crippen molar-refractivity contribution in [2.24, 2.45) is 10.7 Å². The van der Waals surface area contributed by atoms with Gasteiger partial charge in [-0.25, -0.2) is 19.4 Å². The first-order valence-electron chi connectivity index (χ1n) is 10.2. The molecule has 0 spiro atoms. The number of benzene rings is 2. The van der Waals surface area contributed by atoms with Crippen molar-refractivity contribution in [2.45, 2.75) is 24.8 Å². The fourth-order valence-corrected chi connectivity index (χ4v) is 4.34. The molecule has 2 aromatic carbocycles. The van der Waals surface area contributed by atoms with Gasteiger partial charge in [-0.05, 0) is 35.4 Å². The number of carbonyl (C=O) groups is 1. The van der Waals surface area contributed by atoms with Gasteiger partial charge in [-0.15, -0.1) is 0 Å². The van der Waals surface area contributed by atoms with E-state index < -0.39 is 11.4 Å². The standard InChI is InChI=1S/C24H22FN5O2/c1-23(2)12-32-20-7-5-16(9-18(20)23)24(21(31)30(3)22(26)29-24)15-4-6-19(25)17(8-15)14-10-27-13-28-11-14/h4-11,13H,12H2,1-3H3,(H2,26,29). The second-order valence-corrected chi connectivity index (χ2v) is 8.75. The van der Waals surface area contributed by atoms with Crippen LogP contribution in [0, 0.1) is 5.82 Å². The molecule has 0 saturated carbocycles. The maximum absolute atomic E-state index is 14.8. The molecule has 1 aromatic heterocycles. The normalized spacial score (nSPS) is 21.3. The number of amides is 1. The highest BCUT2D eigenvalue weighted by Crippen LogP contribution is 2.45. The molecular weight excluding hydrogens is 409 g/mol. The van der Waals surface area contributed by atoms with E-state index in [0.29, 0.717) is 23.3 Å². The average Bonchev–Trinajstić information content (AvgIpc) is 3.23. The molecule has 8 heteroatoms. The zero-order chi connectivity index (χ0) is 22.7. The third-order valence-corrected chi connectivity index (χ3v) is 6.21. The first kappa shape index (κ1) is 20.1. The van der Waals surface area contributed by atoms with E-state index in [1.54, 1.807) is 19.2 Å². The average molecular weight is 431 g/mol. The van der Waals surface area contributed by atoms with Gasteiger partial charge < -0.3 is 10.5 Å². The van der Waals surface area contributed by atoms with Crippen LogP contribution in [0.2, 0.25) is 0 Å². The van der Waals surface area contributed by atoms with Crippen LogP contribution in [0.15, 0.2) is 60.1 Å². The number of halogens is 1. The summed E-state index contributed by atoms with van der Waals surface area (Å²) in [5.41, 5.74) is 7.37. The lowest BCUT2D eigenvalue weighted by Crippen LogP contribution is -2.41. The first-order chi connectivity index (χ1) is 15.2. The molecule has 162 valence electrons. The highest BCUT2D eigenvalue weighted by Gasteiger charge is 2.50. The second-order valence-electron chi connectivity index (χ2n) is 8.75. The molecule has 1 amide bonds. The van der Waals surface area contributed by atoms with Gasteiger partial charge >= 0.3 is 0 Å². The Morgan fingerprint density at radius 3 is 2.47 bits per heavy atom. The topological polar surface area (TPSA) is 93.7 Å². The number of likely N-dealkylation sites (N-methyl/N-ethyl adjacent to an activating group) is 1. The van der Waals surface area contributed by atoms with Crippen molar-refractivity contribution in [1.29, 1.82) is 0 Å². The molecule has 32 heavy (non-hydrogen) atoms. The lowest BCUT2D eigenvalue weighted by molar-refractivity contribution is -0.129. The second kappa shape index (κ2) is 6.85. The van der Waals surface area contributed by atoms with Gasteiger partial charge in [-0.2, -0.15) is 0 Å². The largest absolute Gasteiger partial charge is 0.492 e. The van der Waals surface area contributed by atoms with E-state index in [9.17, 15) is 9.18 Å². The van der Waals surface area contributed by atoms with E-state index >= 15 is 0 Å². The van der Waals surface area contributed by atoms with Crippen LogP contribution < -0.4 is 10.5 Å². The van der Waals surface area contributed by atoms with Crippen LogP contribution in [-0.4, -0.2) is 40.4 Å². The minimum atomic E-state index is -1.44. The number of rotatable bonds is 3. The van der Waals surface area contributed by atoms with E-state index in [0.717, 1.165) is 11.3 Å². The summed E-state index contributed by atoms with van der Waals surface area (Å²) < 4.78 is 20.6. The number of aromatic nitrogens is 2. The van der Waals surface area contributed by atoms with Gasteiger partial charge in [0.05, 0.1) is 6.61 Å². The summed E-state index contributed by atoms with van der Waals surface area (Å²) in [4.78, 5) is 27.5. The minimum absolute atomic E-state index is 0.0972. The molecule has 0 saturated heterocycles. The Labute approximate surface area is 184 Å². The quantitative estimate of drug-likeness (QED) is 0.688. The maximum atomic E-state index is 14.8. The molecule has 3 aromatic rings. The maximum Gasteiger partial charge on any atom is 0.266 e. The summed E-state index contributed by atoms with van der Waals surface area (Å²) in [5, 5.41) is 0. The number of guanidine groups is 1. The number of hydrogen-bond donors (Lipinski definition) is 1. The fourth-order valence-electron chi connectivity index (χ4n) is 4.34. The van der Waals surface area contributed by atoms with Crippen LogP contribution in [0.5, 0.6) is 5.75 Å². The minimum Gasteiger partial charge on any atom is -0.492 e.